The van der Waals surface area contributed by atoms with Crippen molar-refractivity contribution in [2.24, 2.45) is 0 Å². The number of aryl methyl sites for hydroxylation is 2. The van der Waals surface area contributed by atoms with Crippen molar-refractivity contribution in [3.8, 4) is 0 Å². The average molecular weight is 238 g/mol. The van der Waals surface area contributed by atoms with Crippen LogP contribution in [0.5, 0.6) is 0 Å². The van der Waals surface area contributed by atoms with E-state index in [1.807, 2.05) is 0 Å². The molecule has 0 spiro atoms. The van der Waals surface area contributed by atoms with Gasteiger partial charge in [-0.3, -0.25) is 0 Å². The van der Waals surface area contributed by atoms with Crippen LogP contribution in [0, 0.1) is 0 Å². The topological polar surface area (TPSA) is 13.1 Å². The Morgan fingerprint density at radius 2 is 1.44 bits per heavy atom. The van der Waals surface area contributed by atoms with Crippen LogP contribution in [0.15, 0.2) is 40.8 Å². The summed E-state index contributed by atoms with van der Waals surface area (Å²) in [6, 6.07) is 13.1. The number of fused-ring (bicyclic) bond motifs is 3. The third kappa shape index (κ3) is 1.80. The van der Waals surface area contributed by atoms with E-state index in [-0.39, 0.29) is 0 Å². The Hall–Kier alpha value is -1.76. The van der Waals surface area contributed by atoms with Gasteiger partial charge in [-0.05, 0) is 36.1 Å². The molecular weight excluding hydrogens is 220 g/mol. The van der Waals surface area contributed by atoms with Gasteiger partial charge in [0.1, 0.15) is 11.2 Å². The highest BCUT2D eigenvalue weighted by molar-refractivity contribution is 6.05. The Balaban J connectivity index is 2.22. The summed E-state index contributed by atoms with van der Waals surface area (Å²) in [6.07, 6.45) is 3.34. The molecule has 1 heteroatoms. The van der Waals surface area contributed by atoms with Gasteiger partial charge in [0.05, 0.1) is 0 Å². The summed E-state index contributed by atoms with van der Waals surface area (Å²) >= 11 is 0. The Labute approximate surface area is 107 Å². The minimum absolute atomic E-state index is 1.01. The molecule has 0 aliphatic rings. The van der Waals surface area contributed by atoms with Crippen LogP contribution in [0.25, 0.3) is 21.9 Å². The molecule has 0 aliphatic carbocycles. The fraction of sp³-hybridized carbons (Fsp3) is 0.294. The molecule has 0 saturated heterocycles. The predicted molar refractivity (Wildman–Crippen MR) is 77.1 cm³/mol. The first-order chi connectivity index (χ1) is 8.81. The quantitative estimate of drug-likeness (QED) is 0.618. The molecule has 1 aromatic heterocycles. The zero-order chi connectivity index (χ0) is 12.5. The van der Waals surface area contributed by atoms with Gasteiger partial charge in [0.25, 0.3) is 0 Å². The van der Waals surface area contributed by atoms with E-state index in [4.69, 9.17) is 4.42 Å². The average Bonchev–Trinajstić information content (AvgIpc) is 2.75. The predicted octanol–water partition coefficient (Wildman–Crippen LogP) is 5.10. The van der Waals surface area contributed by atoms with Crippen molar-refractivity contribution >= 4 is 21.9 Å². The van der Waals surface area contributed by atoms with Gasteiger partial charge in [-0.25, -0.2) is 0 Å². The Morgan fingerprint density at radius 1 is 0.833 bits per heavy atom. The second-order valence-corrected chi connectivity index (χ2v) is 4.87. The van der Waals surface area contributed by atoms with Crippen molar-refractivity contribution < 1.29 is 4.42 Å². The van der Waals surface area contributed by atoms with Crippen molar-refractivity contribution in [1.29, 1.82) is 0 Å². The summed E-state index contributed by atoms with van der Waals surface area (Å²) in [7, 11) is 0. The van der Waals surface area contributed by atoms with Gasteiger partial charge in [0, 0.05) is 10.8 Å². The third-order valence-electron chi connectivity index (χ3n) is 3.55. The molecule has 0 aliphatic heterocycles. The SMILES string of the molecule is CCCc1ccc2c(c1)oc1cc(CC)ccc12. The van der Waals surface area contributed by atoms with Crippen molar-refractivity contribution in [2.45, 2.75) is 33.1 Å². The van der Waals surface area contributed by atoms with Crippen LogP contribution in [0.3, 0.4) is 0 Å². The molecule has 0 fully saturated rings. The molecule has 92 valence electrons. The number of rotatable bonds is 3. The molecule has 1 heterocycles. The summed E-state index contributed by atoms with van der Waals surface area (Å²) in [5, 5.41) is 2.46. The summed E-state index contributed by atoms with van der Waals surface area (Å²) in [5.41, 5.74) is 4.72. The number of hydrogen-bond acceptors (Lipinski definition) is 1. The lowest BCUT2D eigenvalue weighted by molar-refractivity contribution is 0.667. The molecule has 0 saturated carbocycles. The first-order valence-electron chi connectivity index (χ1n) is 6.76. The monoisotopic (exact) mass is 238 g/mol. The lowest BCUT2D eigenvalue weighted by Crippen LogP contribution is -1.81. The number of furan rings is 1. The molecule has 0 atom stereocenters. The summed E-state index contributed by atoms with van der Waals surface area (Å²) in [5.74, 6) is 0. The van der Waals surface area contributed by atoms with Crippen LogP contribution in [-0.2, 0) is 12.8 Å². The lowest BCUT2D eigenvalue weighted by Gasteiger charge is -1.97. The smallest absolute Gasteiger partial charge is 0.135 e. The highest BCUT2D eigenvalue weighted by atomic mass is 16.3. The highest BCUT2D eigenvalue weighted by Gasteiger charge is 2.07. The molecular formula is C17H18O. The Kier molecular flexibility index (Phi) is 2.83. The van der Waals surface area contributed by atoms with Crippen molar-refractivity contribution in [3.05, 3.63) is 47.5 Å². The first-order valence-corrected chi connectivity index (χ1v) is 6.76. The maximum atomic E-state index is 5.98. The maximum absolute atomic E-state index is 5.98. The van der Waals surface area contributed by atoms with Crippen LogP contribution >= 0.6 is 0 Å². The van der Waals surface area contributed by atoms with Gasteiger partial charge in [-0.2, -0.15) is 0 Å². The second kappa shape index (κ2) is 4.49. The van der Waals surface area contributed by atoms with Crippen LogP contribution in [0.2, 0.25) is 0 Å². The van der Waals surface area contributed by atoms with E-state index < -0.39 is 0 Å². The fourth-order valence-electron chi connectivity index (χ4n) is 2.53. The van der Waals surface area contributed by atoms with Gasteiger partial charge in [-0.15, -0.1) is 0 Å². The first kappa shape index (κ1) is 11.3. The van der Waals surface area contributed by atoms with Crippen molar-refractivity contribution in [3.63, 3.8) is 0 Å². The molecule has 0 bridgehead atoms. The number of hydrogen-bond donors (Lipinski definition) is 0. The highest BCUT2D eigenvalue weighted by Crippen LogP contribution is 2.30. The van der Waals surface area contributed by atoms with Crippen molar-refractivity contribution in [1.82, 2.24) is 0 Å². The normalized spacial score (nSPS) is 11.4. The van der Waals surface area contributed by atoms with Gasteiger partial charge in [0.2, 0.25) is 0 Å². The molecule has 1 nitrogen and oxygen atoms in total. The van der Waals surface area contributed by atoms with Crippen molar-refractivity contribution in [2.75, 3.05) is 0 Å². The third-order valence-corrected chi connectivity index (χ3v) is 3.55. The van der Waals surface area contributed by atoms with E-state index in [9.17, 15) is 0 Å². The lowest BCUT2D eigenvalue weighted by atomic mass is 10.1. The van der Waals surface area contributed by atoms with E-state index in [1.165, 1.54) is 28.3 Å². The molecule has 0 N–H and O–H groups in total. The van der Waals surface area contributed by atoms with Gasteiger partial charge < -0.3 is 4.42 Å². The van der Waals surface area contributed by atoms with E-state index in [0.717, 1.165) is 24.0 Å². The fourth-order valence-corrected chi connectivity index (χ4v) is 2.53. The van der Waals surface area contributed by atoms with Gasteiger partial charge in [0.15, 0.2) is 0 Å². The minimum Gasteiger partial charge on any atom is -0.456 e. The second-order valence-electron chi connectivity index (χ2n) is 4.87. The zero-order valence-electron chi connectivity index (χ0n) is 11.0. The standard InChI is InChI=1S/C17H18O/c1-3-5-13-7-9-15-14-8-6-12(4-2)10-16(14)18-17(15)11-13/h6-11H,3-5H2,1-2H3. The van der Waals surface area contributed by atoms with Crippen LogP contribution in [0.4, 0.5) is 0 Å². The van der Waals surface area contributed by atoms with Gasteiger partial charge in [-0.1, -0.05) is 44.5 Å². The van der Waals surface area contributed by atoms with E-state index in [0.29, 0.717) is 0 Å². The number of benzene rings is 2. The van der Waals surface area contributed by atoms with E-state index in [2.05, 4.69) is 50.2 Å². The van der Waals surface area contributed by atoms with Gasteiger partial charge >= 0.3 is 0 Å². The van der Waals surface area contributed by atoms with E-state index >= 15 is 0 Å². The van der Waals surface area contributed by atoms with E-state index in [1.54, 1.807) is 0 Å². The Bertz CT molecular complexity index is 691. The molecule has 18 heavy (non-hydrogen) atoms. The van der Waals surface area contributed by atoms with Crippen LogP contribution in [-0.4, -0.2) is 0 Å². The molecule has 0 unspecified atom stereocenters. The largest absolute Gasteiger partial charge is 0.456 e. The van der Waals surface area contributed by atoms with Crippen LogP contribution in [0.1, 0.15) is 31.4 Å². The zero-order valence-corrected chi connectivity index (χ0v) is 11.0. The molecule has 0 radical (unpaired) electrons. The summed E-state index contributed by atoms with van der Waals surface area (Å²) < 4.78 is 5.98. The minimum atomic E-state index is 1.01. The maximum Gasteiger partial charge on any atom is 0.135 e. The molecule has 3 rings (SSSR count). The molecule has 0 amide bonds. The summed E-state index contributed by atoms with van der Waals surface area (Å²) in [6.45, 7) is 4.37. The summed E-state index contributed by atoms with van der Waals surface area (Å²) in [4.78, 5) is 0. The molecule has 2 aromatic carbocycles. The van der Waals surface area contributed by atoms with Crippen LogP contribution < -0.4 is 0 Å². The Morgan fingerprint density at radius 3 is 2.06 bits per heavy atom. The molecule has 3 aromatic rings.